The average Bonchev–Trinajstić information content (AvgIpc) is 2.30. The van der Waals surface area contributed by atoms with Gasteiger partial charge in [0.15, 0.2) is 0 Å². The normalized spacial score (nSPS) is 22.8. The smallest absolute Gasteiger partial charge is 0.222 e. The summed E-state index contributed by atoms with van der Waals surface area (Å²) in [7, 11) is 1.88. The highest BCUT2D eigenvalue weighted by atomic mass is 16.5. The number of rotatable bonds is 5. The van der Waals surface area contributed by atoms with Crippen LogP contribution in [0.4, 0.5) is 0 Å². The molecule has 0 aliphatic carbocycles. The number of amides is 1. The topological polar surface area (TPSA) is 55.6 Å². The molecule has 1 amide bonds. The van der Waals surface area contributed by atoms with Crippen molar-refractivity contribution in [2.45, 2.75) is 26.2 Å². The van der Waals surface area contributed by atoms with Gasteiger partial charge in [-0.15, -0.1) is 0 Å². The Morgan fingerprint density at radius 2 is 2.38 bits per heavy atom. The Balaban J connectivity index is 2.27. The minimum absolute atomic E-state index is 0.198. The first-order chi connectivity index (χ1) is 7.63. The van der Waals surface area contributed by atoms with Gasteiger partial charge in [-0.1, -0.05) is 6.92 Å². The fourth-order valence-electron chi connectivity index (χ4n) is 1.98. The van der Waals surface area contributed by atoms with E-state index in [4.69, 9.17) is 10.5 Å². The summed E-state index contributed by atoms with van der Waals surface area (Å²) < 4.78 is 5.41. The minimum atomic E-state index is 0.198. The lowest BCUT2D eigenvalue weighted by Crippen LogP contribution is -2.36. The Hall–Kier alpha value is -0.610. The number of carbonyl (C=O) groups excluding carboxylic acids is 1. The number of nitrogens with two attached hydrogens (primary N) is 1. The van der Waals surface area contributed by atoms with E-state index in [1.54, 1.807) is 0 Å². The Morgan fingerprint density at radius 3 is 2.94 bits per heavy atom. The van der Waals surface area contributed by atoms with E-state index < -0.39 is 0 Å². The van der Waals surface area contributed by atoms with Crippen LogP contribution >= 0.6 is 0 Å². The van der Waals surface area contributed by atoms with E-state index in [1.165, 1.54) is 6.42 Å². The van der Waals surface area contributed by atoms with Gasteiger partial charge in [-0.05, 0) is 31.2 Å². The number of hydrogen-bond acceptors (Lipinski definition) is 3. The van der Waals surface area contributed by atoms with Crippen molar-refractivity contribution in [3.63, 3.8) is 0 Å². The predicted molar refractivity (Wildman–Crippen MR) is 64.0 cm³/mol. The van der Waals surface area contributed by atoms with Crippen LogP contribution in [0, 0.1) is 11.8 Å². The van der Waals surface area contributed by atoms with Crippen LogP contribution in [0.2, 0.25) is 0 Å². The second-order valence-corrected chi connectivity index (χ2v) is 4.90. The number of ether oxygens (including phenoxy) is 1. The Labute approximate surface area is 98.1 Å². The lowest BCUT2D eigenvalue weighted by molar-refractivity contribution is -0.131. The van der Waals surface area contributed by atoms with Crippen molar-refractivity contribution in [3.8, 4) is 0 Å². The summed E-state index contributed by atoms with van der Waals surface area (Å²) in [5.74, 6) is 0.983. The summed E-state index contributed by atoms with van der Waals surface area (Å²) in [6.07, 6.45) is 2.84. The van der Waals surface area contributed by atoms with Crippen molar-refractivity contribution >= 4 is 5.91 Å². The van der Waals surface area contributed by atoms with Crippen LogP contribution < -0.4 is 5.73 Å². The zero-order valence-electron chi connectivity index (χ0n) is 10.4. The van der Waals surface area contributed by atoms with Crippen LogP contribution in [-0.2, 0) is 9.53 Å². The molecule has 2 N–H and O–H groups in total. The molecule has 16 heavy (non-hydrogen) atoms. The van der Waals surface area contributed by atoms with Crippen molar-refractivity contribution in [2.24, 2.45) is 17.6 Å². The van der Waals surface area contributed by atoms with Gasteiger partial charge in [0, 0.05) is 26.6 Å². The maximum absolute atomic E-state index is 11.8. The molecule has 0 aromatic carbocycles. The third kappa shape index (κ3) is 4.49. The van der Waals surface area contributed by atoms with Crippen LogP contribution in [0.3, 0.4) is 0 Å². The molecule has 1 heterocycles. The monoisotopic (exact) mass is 228 g/mol. The molecule has 4 heteroatoms. The molecule has 0 bridgehead atoms. The van der Waals surface area contributed by atoms with Gasteiger partial charge >= 0.3 is 0 Å². The molecular formula is C12H24N2O2. The summed E-state index contributed by atoms with van der Waals surface area (Å²) >= 11 is 0. The van der Waals surface area contributed by atoms with Gasteiger partial charge in [0.25, 0.3) is 0 Å². The lowest BCUT2D eigenvalue weighted by Gasteiger charge is -2.27. The van der Waals surface area contributed by atoms with E-state index in [1.807, 2.05) is 18.9 Å². The molecule has 1 fully saturated rings. The molecule has 1 saturated heterocycles. The van der Waals surface area contributed by atoms with Crippen molar-refractivity contribution in [1.82, 2.24) is 4.90 Å². The molecule has 0 aromatic rings. The van der Waals surface area contributed by atoms with Crippen LogP contribution in [0.5, 0.6) is 0 Å². The van der Waals surface area contributed by atoms with Crippen LogP contribution in [0.1, 0.15) is 26.2 Å². The molecule has 1 aliphatic heterocycles. The summed E-state index contributed by atoms with van der Waals surface area (Å²) in [4.78, 5) is 13.6. The van der Waals surface area contributed by atoms with Crippen LogP contribution in [-0.4, -0.2) is 44.2 Å². The molecule has 2 unspecified atom stereocenters. The summed E-state index contributed by atoms with van der Waals surface area (Å²) in [5.41, 5.74) is 5.51. The van der Waals surface area contributed by atoms with Gasteiger partial charge in [0.1, 0.15) is 0 Å². The zero-order valence-corrected chi connectivity index (χ0v) is 10.4. The first-order valence-electron chi connectivity index (χ1n) is 6.15. The third-order valence-electron chi connectivity index (χ3n) is 3.14. The molecule has 0 aromatic heterocycles. The fourth-order valence-corrected chi connectivity index (χ4v) is 1.98. The maximum atomic E-state index is 11.8. The third-order valence-corrected chi connectivity index (χ3v) is 3.14. The van der Waals surface area contributed by atoms with Crippen molar-refractivity contribution in [3.05, 3.63) is 0 Å². The largest absolute Gasteiger partial charge is 0.381 e. The van der Waals surface area contributed by atoms with Crippen molar-refractivity contribution in [2.75, 3.05) is 33.4 Å². The summed E-state index contributed by atoms with van der Waals surface area (Å²) in [6.45, 7) is 5.07. The summed E-state index contributed by atoms with van der Waals surface area (Å²) in [6, 6.07) is 0. The van der Waals surface area contributed by atoms with Crippen molar-refractivity contribution in [1.29, 1.82) is 0 Å². The Kier molecular flexibility index (Phi) is 5.77. The van der Waals surface area contributed by atoms with Gasteiger partial charge < -0.3 is 15.4 Å². The molecule has 0 saturated carbocycles. The lowest BCUT2D eigenvalue weighted by atomic mass is 10.0. The highest BCUT2D eigenvalue weighted by Gasteiger charge is 2.19. The van der Waals surface area contributed by atoms with E-state index >= 15 is 0 Å². The number of nitrogens with zero attached hydrogens (tertiary/aromatic N) is 1. The zero-order chi connectivity index (χ0) is 12.0. The second kappa shape index (κ2) is 6.86. The van der Waals surface area contributed by atoms with Crippen molar-refractivity contribution < 1.29 is 9.53 Å². The molecule has 0 spiro atoms. The summed E-state index contributed by atoms with van der Waals surface area (Å²) in [5, 5.41) is 0. The van der Waals surface area contributed by atoms with E-state index in [-0.39, 0.29) is 11.8 Å². The van der Waals surface area contributed by atoms with Gasteiger partial charge in [0.05, 0.1) is 6.61 Å². The number of carbonyl (C=O) groups is 1. The Morgan fingerprint density at radius 1 is 1.62 bits per heavy atom. The highest BCUT2D eigenvalue weighted by Crippen LogP contribution is 2.15. The SMILES string of the molecule is CC(CN)CC(=O)N(C)CC1CCCOC1. The first kappa shape index (κ1) is 13.5. The molecule has 1 rings (SSSR count). The molecule has 0 radical (unpaired) electrons. The van der Waals surface area contributed by atoms with E-state index in [2.05, 4.69) is 0 Å². The molecule has 4 nitrogen and oxygen atoms in total. The predicted octanol–water partition coefficient (Wildman–Crippen LogP) is 0.856. The standard InChI is InChI=1S/C12H24N2O2/c1-10(7-13)6-12(15)14(2)8-11-4-3-5-16-9-11/h10-11H,3-9,13H2,1-2H3. The minimum Gasteiger partial charge on any atom is -0.381 e. The maximum Gasteiger partial charge on any atom is 0.222 e. The van der Waals surface area contributed by atoms with Crippen LogP contribution in [0.15, 0.2) is 0 Å². The first-order valence-corrected chi connectivity index (χ1v) is 6.15. The van der Waals surface area contributed by atoms with E-state index in [0.29, 0.717) is 18.9 Å². The van der Waals surface area contributed by atoms with Gasteiger partial charge in [-0.3, -0.25) is 4.79 Å². The molecular weight excluding hydrogens is 204 g/mol. The molecule has 1 aliphatic rings. The van der Waals surface area contributed by atoms with Gasteiger partial charge in [-0.2, -0.15) is 0 Å². The van der Waals surface area contributed by atoms with E-state index in [9.17, 15) is 4.79 Å². The van der Waals surface area contributed by atoms with Gasteiger partial charge in [0.2, 0.25) is 5.91 Å². The Bertz CT molecular complexity index is 215. The fraction of sp³-hybridized carbons (Fsp3) is 0.917. The molecule has 2 atom stereocenters. The second-order valence-electron chi connectivity index (χ2n) is 4.90. The number of hydrogen-bond donors (Lipinski definition) is 1. The highest BCUT2D eigenvalue weighted by molar-refractivity contribution is 5.76. The molecule has 94 valence electrons. The van der Waals surface area contributed by atoms with Gasteiger partial charge in [-0.25, -0.2) is 0 Å². The average molecular weight is 228 g/mol. The van der Waals surface area contributed by atoms with E-state index in [0.717, 1.165) is 26.2 Å². The quantitative estimate of drug-likeness (QED) is 0.759. The van der Waals surface area contributed by atoms with Crippen LogP contribution in [0.25, 0.3) is 0 Å².